The number of fused-ring (bicyclic) bond motifs is 1. The van der Waals surface area contributed by atoms with E-state index >= 15 is 0 Å². The van der Waals surface area contributed by atoms with Crippen molar-refractivity contribution in [2.24, 2.45) is 0 Å². The first-order chi connectivity index (χ1) is 6.33. The Labute approximate surface area is 79.4 Å². The van der Waals surface area contributed by atoms with Gasteiger partial charge in [0.25, 0.3) is 0 Å². The molecule has 0 radical (unpaired) electrons. The van der Waals surface area contributed by atoms with Crippen LogP contribution in [0, 0.1) is 19.3 Å². The number of terminal acetylenes is 1. The van der Waals surface area contributed by atoms with E-state index in [1.54, 1.807) is 0 Å². The van der Waals surface area contributed by atoms with Crippen molar-refractivity contribution >= 4 is 5.69 Å². The molecule has 1 aromatic rings. The van der Waals surface area contributed by atoms with Gasteiger partial charge in [0.05, 0.1) is 6.54 Å². The van der Waals surface area contributed by atoms with E-state index in [2.05, 4.69) is 35.9 Å². The fourth-order valence-electron chi connectivity index (χ4n) is 2.01. The summed E-state index contributed by atoms with van der Waals surface area (Å²) in [6.45, 7) is 3.95. The summed E-state index contributed by atoms with van der Waals surface area (Å²) in [6, 6.07) is 6.46. The van der Waals surface area contributed by atoms with Crippen LogP contribution in [-0.2, 0) is 6.42 Å². The summed E-state index contributed by atoms with van der Waals surface area (Å²) < 4.78 is 0. The van der Waals surface area contributed by atoms with E-state index in [9.17, 15) is 0 Å². The van der Waals surface area contributed by atoms with Gasteiger partial charge in [0, 0.05) is 12.2 Å². The smallest absolute Gasteiger partial charge is 0.0792 e. The first-order valence-electron chi connectivity index (χ1n) is 4.60. The molecule has 66 valence electrons. The Bertz CT molecular complexity index is 360. The van der Waals surface area contributed by atoms with Gasteiger partial charge >= 0.3 is 0 Å². The number of rotatable bonds is 1. The largest absolute Gasteiger partial charge is 0.360 e. The molecule has 0 aliphatic carbocycles. The normalized spacial score (nSPS) is 14.0. The van der Waals surface area contributed by atoms with E-state index in [0.717, 1.165) is 19.5 Å². The lowest BCUT2D eigenvalue weighted by Gasteiger charge is -2.17. The molecule has 0 atom stereocenters. The first kappa shape index (κ1) is 8.19. The topological polar surface area (TPSA) is 3.24 Å². The minimum Gasteiger partial charge on any atom is -0.360 e. The van der Waals surface area contributed by atoms with E-state index in [1.165, 1.54) is 16.8 Å². The molecule has 0 unspecified atom stereocenters. The van der Waals surface area contributed by atoms with Crippen molar-refractivity contribution in [2.45, 2.75) is 13.3 Å². The highest BCUT2D eigenvalue weighted by Crippen LogP contribution is 2.30. The van der Waals surface area contributed by atoms with Crippen molar-refractivity contribution in [3.8, 4) is 12.3 Å². The molecule has 1 aliphatic heterocycles. The maximum absolute atomic E-state index is 5.32. The van der Waals surface area contributed by atoms with Gasteiger partial charge in [-0.3, -0.25) is 0 Å². The predicted octanol–water partition coefficient (Wildman–Crippen LogP) is 1.99. The van der Waals surface area contributed by atoms with Crippen molar-refractivity contribution in [3.63, 3.8) is 0 Å². The Morgan fingerprint density at radius 1 is 1.54 bits per heavy atom. The fraction of sp³-hybridized carbons (Fsp3) is 0.333. The molecule has 2 rings (SSSR count). The minimum atomic E-state index is 0.734. The number of hydrogen-bond donors (Lipinski definition) is 0. The monoisotopic (exact) mass is 171 g/mol. The Morgan fingerprint density at radius 2 is 2.38 bits per heavy atom. The SMILES string of the molecule is C#CCN1CCc2cccc(C)c21. The van der Waals surface area contributed by atoms with E-state index in [-0.39, 0.29) is 0 Å². The molecule has 0 amide bonds. The van der Waals surface area contributed by atoms with Crippen molar-refractivity contribution in [3.05, 3.63) is 29.3 Å². The van der Waals surface area contributed by atoms with Crippen LogP contribution in [0.4, 0.5) is 5.69 Å². The van der Waals surface area contributed by atoms with Crippen molar-refractivity contribution in [1.82, 2.24) is 0 Å². The Hall–Kier alpha value is -1.42. The molecule has 0 spiro atoms. The van der Waals surface area contributed by atoms with Crippen molar-refractivity contribution in [2.75, 3.05) is 18.0 Å². The predicted molar refractivity (Wildman–Crippen MR) is 55.9 cm³/mol. The van der Waals surface area contributed by atoms with Crippen LogP contribution in [0.3, 0.4) is 0 Å². The van der Waals surface area contributed by atoms with Crippen LogP contribution >= 0.6 is 0 Å². The summed E-state index contributed by atoms with van der Waals surface area (Å²) in [6.07, 6.45) is 6.46. The second-order valence-electron chi connectivity index (χ2n) is 3.46. The standard InChI is InChI=1S/C12H13N/c1-3-8-13-9-7-11-6-4-5-10(2)12(11)13/h1,4-6H,7-9H2,2H3. The average Bonchev–Trinajstić information content (AvgIpc) is 2.51. The second kappa shape index (κ2) is 3.14. The van der Waals surface area contributed by atoms with Crippen LogP contribution < -0.4 is 4.90 Å². The molecule has 13 heavy (non-hydrogen) atoms. The number of aryl methyl sites for hydroxylation is 1. The number of hydrogen-bond acceptors (Lipinski definition) is 1. The third kappa shape index (κ3) is 1.29. The zero-order valence-corrected chi connectivity index (χ0v) is 7.88. The molecule has 1 nitrogen and oxygen atoms in total. The van der Waals surface area contributed by atoms with E-state index < -0.39 is 0 Å². The van der Waals surface area contributed by atoms with Gasteiger partial charge < -0.3 is 4.90 Å². The second-order valence-corrected chi connectivity index (χ2v) is 3.46. The van der Waals surface area contributed by atoms with Gasteiger partial charge in [-0.15, -0.1) is 6.42 Å². The summed E-state index contributed by atoms with van der Waals surface area (Å²) in [4.78, 5) is 2.28. The average molecular weight is 171 g/mol. The van der Waals surface area contributed by atoms with Gasteiger partial charge in [-0.25, -0.2) is 0 Å². The van der Waals surface area contributed by atoms with Crippen LogP contribution in [0.1, 0.15) is 11.1 Å². The molecule has 0 fully saturated rings. The molecule has 0 N–H and O–H groups in total. The maximum atomic E-state index is 5.32. The van der Waals surface area contributed by atoms with E-state index in [4.69, 9.17) is 6.42 Å². The van der Waals surface area contributed by atoms with Gasteiger partial charge in [0.15, 0.2) is 0 Å². The van der Waals surface area contributed by atoms with Crippen molar-refractivity contribution in [1.29, 1.82) is 0 Å². The van der Waals surface area contributed by atoms with Crippen LogP contribution in [-0.4, -0.2) is 13.1 Å². The first-order valence-corrected chi connectivity index (χ1v) is 4.60. The van der Waals surface area contributed by atoms with Gasteiger partial charge in [-0.05, 0) is 24.5 Å². The highest BCUT2D eigenvalue weighted by molar-refractivity contribution is 5.63. The van der Waals surface area contributed by atoms with E-state index in [1.807, 2.05) is 0 Å². The molecule has 1 aliphatic rings. The summed E-state index contributed by atoms with van der Waals surface area (Å²) in [5, 5.41) is 0. The number of benzene rings is 1. The maximum Gasteiger partial charge on any atom is 0.0792 e. The molecule has 0 bridgehead atoms. The highest BCUT2D eigenvalue weighted by Gasteiger charge is 2.19. The van der Waals surface area contributed by atoms with Gasteiger partial charge in [-0.2, -0.15) is 0 Å². The number of anilines is 1. The zero-order chi connectivity index (χ0) is 9.26. The van der Waals surface area contributed by atoms with Crippen LogP contribution in [0.25, 0.3) is 0 Å². The fourth-order valence-corrected chi connectivity index (χ4v) is 2.01. The third-order valence-electron chi connectivity index (χ3n) is 2.57. The lowest BCUT2D eigenvalue weighted by molar-refractivity contribution is 0.912. The molecule has 0 aromatic heterocycles. The summed E-state index contributed by atoms with van der Waals surface area (Å²) in [5.74, 6) is 2.70. The Balaban J connectivity index is 2.41. The van der Waals surface area contributed by atoms with Crippen LogP contribution in [0.15, 0.2) is 18.2 Å². The van der Waals surface area contributed by atoms with Gasteiger partial charge in [0.1, 0.15) is 0 Å². The van der Waals surface area contributed by atoms with Crippen LogP contribution in [0.5, 0.6) is 0 Å². The van der Waals surface area contributed by atoms with E-state index in [0.29, 0.717) is 0 Å². The number of nitrogens with zero attached hydrogens (tertiary/aromatic N) is 1. The van der Waals surface area contributed by atoms with Crippen LogP contribution in [0.2, 0.25) is 0 Å². The highest BCUT2D eigenvalue weighted by atomic mass is 15.1. The zero-order valence-electron chi connectivity index (χ0n) is 7.88. The Kier molecular flexibility index (Phi) is 1.98. The summed E-state index contributed by atoms with van der Waals surface area (Å²) >= 11 is 0. The minimum absolute atomic E-state index is 0.734. The molecule has 1 aromatic carbocycles. The van der Waals surface area contributed by atoms with Crippen molar-refractivity contribution < 1.29 is 0 Å². The summed E-state index contributed by atoms with van der Waals surface area (Å²) in [7, 11) is 0. The number of para-hydroxylation sites is 1. The molecule has 0 saturated heterocycles. The third-order valence-corrected chi connectivity index (χ3v) is 2.57. The van der Waals surface area contributed by atoms with Gasteiger partial charge in [-0.1, -0.05) is 24.1 Å². The molecule has 0 saturated carbocycles. The Morgan fingerprint density at radius 3 is 3.15 bits per heavy atom. The summed E-state index contributed by atoms with van der Waals surface area (Å²) in [5.41, 5.74) is 4.14. The molecule has 1 heterocycles. The lowest BCUT2D eigenvalue weighted by atomic mass is 10.1. The molecular weight excluding hydrogens is 158 g/mol. The quantitative estimate of drug-likeness (QED) is 0.584. The lowest BCUT2D eigenvalue weighted by Crippen LogP contribution is -2.20. The molecule has 1 heteroatoms. The van der Waals surface area contributed by atoms with Gasteiger partial charge in [0.2, 0.25) is 0 Å². The molecular formula is C12H13N.